The molecule has 14 aromatic rings. The minimum atomic E-state index is -0.751. The Labute approximate surface area is 493 Å². The third kappa shape index (κ3) is 5.83. The average molecular weight is 1080 g/mol. The fourth-order valence-corrected chi connectivity index (χ4v) is 16.8. The van der Waals surface area contributed by atoms with Crippen molar-refractivity contribution in [1.82, 2.24) is 0 Å². The van der Waals surface area contributed by atoms with E-state index in [9.17, 15) is 0 Å². The summed E-state index contributed by atoms with van der Waals surface area (Å²) in [6.45, 7) is 0. The first kappa shape index (κ1) is 46.8. The Morgan fingerprint density at radius 3 is 1.19 bits per heavy atom. The summed E-state index contributed by atoms with van der Waals surface area (Å²) in [5, 5.41) is 4.50. The molecule has 0 amide bonds. The second-order valence-corrected chi connectivity index (χ2v) is 23.6. The molecule has 0 aromatic heterocycles. The number of hydrogen-bond donors (Lipinski definition) is 0. The third-order valence-corrected chi connectivity index (χ3v) is 20.0. The maximum Gasteiger partial charge on any atom is 0.140 e. The summed E-state index contributed by atoms with van der Waals surface area (Å²) in [7, 11) is 0. The molecule has 4 aliphatic carbocycles. The predicted molar refractivity (Wildman–Crippen MR) is 347 cm³/mol. The van der Waals surface area contributed by atoms with E-state index in [-0.39, 0.29) is 0 Å². The average Bonchev–Trinajstić information content (AvgIpc) is 1.66. The topological polar surface area (TPSA) is 12.5 Å². The highest BCUT2D eigenvalue weighted by Crippen LogP contribution is 2.68. The number of benzene rings is 14. The number of fused-ring (bicyclic) bond motifs is 26. The lowest BCUT2D eigenvalue weighted by molar-refractivity contribution is 0.447. The number of ether oxygens (including phenoxy) is 1. The van der Waals surface area contributed by atoms with Crippen LogP contribution in [0.3, 0.4) is 0 Å². The molecule has 14 aromatic carbocycles. The van der Waals surface area contributed by atoms with Crippen molar-refractivity contribution < 1.29 is 4.74 Å². The summed E-state index contributed by atoms with van der Waals surface area (Å²) in [6.07, 6.45) is 0. The summed E-state index contributed by atoms with van der Waals surface area (Å²) < 4.78 is 7.46. The molecule has 0 saturated heterocycles. The molecule has 1 aliphatic heterocycles. The van der Waals surface area contributed by atoms with Crippen LogP contribution in [0.5, 0.6) is 11.5 Å². The van der Waals surface area contributed by atoms with Crippen LogP contribution in [0.4, 0.5) is 17.1 Å². The van der Waals surface area contributed by atoms with Gasteiger partial charge in [-0.15, -0.1) is 0 Å². The summed E-state index contributed by atoms with van der Waals surface area (Å²) in [4.78, 5) is 2.61. The Bertz CT molecular complexity index is 5020. The first-order valence-corrected chi connectivity index (χ1v) is 29.7. The number of nitrogens with zero attached hydrogens (tertiary/aromatic N) is 1. The second kappa shape index (κ2) is 17.1. The minimum Gasteiger partial charge on any atom is -0.455 e. The van der Waals surface area contributed by atoms with Crippen molar-refractivity contribution in [2.45, 2.75) is 16.2 Å². The van der Waals surface area contributed by atoms with E-state index in [0.717, 1.165) is 61.2 Å². The smallest absolute Gasteiger partial charge is 0.140 e. The van der Waals surface area contributed by atoms with Crippen LogP contribution in [0.1, 0.15) is 66.8 Å². The minimum absolute atomic E-state index is 0.534. The lowest BCUT2D eigenvalue weighted by Crippen LogP contribution is -2.32. The Hall–Kier alpha value is -10.8. The van der Waals surface area contributed by atoms with Crippen LogP contribution in [-0.4, -0.2) is 0 Å². The van der Waals surface area contributed by atoms with Crippen LogP contribution in [0.25, 0.3) is 66.1 Å². The maximum atomic E-state index is 7.46. The van der Waals surface area contributed by atoms with Crippen LogP contribution in [0.15, 0.2) is 309 Å². The molecule has 0 atom stereocenters. The monoisotopic (exact) mass is 1080 g/mol. The van der Waals surface area contributed by atoms with Crippen LogP contribution in [0.2, 0.25) is 0 Å². The van der Waals surface area contributed by atoms with Gasteiger partial charge in [0, 0.05) is 38.8 Å². The standard InChI is InChI=1S/C83H51NO/c1-3-24-54(25-4-1)81(55-26-5-2-6-27-55)67-35-16-14-33-63(67)66-50-56(45-49-72(66)81)84(77-41-21-40-73-78(77)65-34-15-20-39-71(65)82(73)68-36-17-11-30-60(68)61-31-12-18-37-69(61)82)57-44-46-64-62-32-13-19-38-70(62)83(76(64)51-57)74-47-42-52-22-7-9-28-58(52)79(74)85-80-59-29-10-8-23-53(59)43-48-75(80)83/h1-51H. The van der Waals surface area contributed by atoms with Crippen molar-refractivity contribution in [1.29, 1.82) is 0 Å². The van der Waals surface area contributed by atoms with E-state index in [1.165, 1.54) is 100 Å². The Balaban J connectivity index is 0.929. The zero-order valence-electron chi connectivity index (χ0n) is 46.3. The normalized spacial score (nSPS) is 14.7. The molecule has 0 fully saturated rings. The van der Waals surface area contributed by atoms with Crippen molar-refractivity contribution in [2.24, 2.45) is 0 Å². The fraction of sp³-hybridized carbons (Fsp3) is 0.0361. The van der Waals surface area contributed by atoms with Crippen molar-refractivity contribution in [3.8, 4) is 56.0 Å². The van der Waals surface area contributed by atoms with Gasteiger partial charge in [0.05, 0.1) is 21.9 Å². The van der Waals surface area contributed by atoms with E-state index in [1.807, 2.05) is 0 Å². The van der Waals surface area contributed by atoms with Gasteiger partial charge < -0.3 is 9.64 Å². The summed E-state index contributed by atoms with van der Waals surface area (Å²) in [5.41, 5.74) is 26.5. The van der Waals surface area contributed by atoms with Gasteiger partial charge in [0.2, 0.25) is 0 Å². The molecule has 2 heteroatoms. The van der Waals surface area contributed by atoms with Gasteiger partial charge in [-0.25, -0.2) is 0 Å². The van der Waals surface area contributed by atoms with Crippen molar-refractivity contribution >= 4 is 38.6 Å². The van der Waals surface area contributed by atoms with Gasteiger partial charge in [0.15, 0.2) is 0 Å². The molecule has 0 N–H and O–H groups in total. The van der Waals surface area contributed by atoms with Gasteiger partial charge in [0.25, 0.3) is 0 Å². The van der Waals surface area contributed by atoms with E-state index >= 15 is 0 Å². The van der Waals surface area contributed by atoms with E-state index in [0.29, 0.717) is 0 Å². The van der Waals surface area contributed by atoms with Crippen LogP contribution in [0, 0.1) is 0 Å². The Morgan fingerprint density at radius 1 is 0.235 bits per heavy atom. The van der Waals surface area contributed by atoms with Crippen molar-refractivity contribution in [3.05, 3.63) is 376 Å². The highest BCUT2D eigenvalue weighted by Gasteiger charge is 2.55. The summed E-state index contributed by atoms with van der Waals surface area (Å²) in [5.74, 6) is 1.81. The SMILES string of the molecule is c1ccc(C2(c3ccccc3)c3ccccc3-c3cc(N(c4ccc5c(c4)C4(c6ccccc6-5)c5ccc6ccccc6c5Oc5c4ccc4ccccc54)c4cccc5c4-c4ccccc4C54c5ccccc5-c5ccccc54)ccc32)cc1. The van der Waals surface area contributed by atoms with Gasteiger partial charge >= 0.3 is 0 Å². The predicted octanol–water partition coefficient (Wildman–Crippen LogP) is 20.6. The van der Waals surface area contributed by atoms with Crippen LogP contribution >= 0.6 is 0 Å². The molecule has 0 saturated carbocycles. The van der Waals surface area contributed by atoms with E-state index in [4.69, 9.17) is 4.74 Å². The van der Waals surface area contributed by atoms with E-state index in [2.05, 4.69) is 314 Å². The van der Waals surface area contributed by atoms with Crippen molar-refractivity contribution in [3.63, 3.8) is 0 Å². The van der Waals surface area contributed by atoms with E-state index < -0.39 is 16.2 Å². The largest absolute Gasteiger partial charge is 0.455 e. The number of rotatable bonds is 5. The zero-order valence-corrected chi connectivity index (χ0v) is 46.3. The highest BCUT2D eigenvalue weighted by molar-refractivity contribution is 6.04. The molecular weight excluding hydrogens is 1030 g/mol. The molecule has 0 bridgehead atoms. The Kier molecular flexibility index (Phi) is 9.43. The number of hydrogen-bond acceptors (Lipinski definition) is 2. The fourth-order valence-electron chi connectivity index (χ4n) is 16.8. The van der Waals surface area contributed by atoms with Gasteiger partial charge in [-0.2, -0.15) is 0 Å². The molecule has 85 heavy (non-hydrogen) atoms. The molecule has 0 radical (unpaired) electrons. The molecule has 5 aliphatic rings. The summed E-state index contributed by atoms with van der Waals surface area (Å²) in [6, 6.07) is 117. The molecular formula is C83H51NO. The van der Waals surface area contributed by atoms with Gasteiger partial charge in [-0.1, -0.05) is 279 Å². The van der Waals surface area contributed by atoms with Gasteiger partial charge in [-0.3, -0.25) is 0 Å². The summed E-state index contributed by atoms with van der Waals surface area (Å²) >= 11 is 0. The molecule has 394 valence electrons. The Morgan fingerprint density at radius 2 is 0.624 bits per heavy atom. The molecule has 1 heterocycles. The lowest BCUT2D eigenvalue weighted by Gasteiger charge is -2.40. The van der Waals surface area contributed by atoms with Crippen LogP contribution < -0.4 is 9.64 Å². The van der Waals surface area contributed by atoms with Gasteiger partial charge in [-0.05, 0) is 136 Å². The molecule has 2 nitrogen and oxygen atoms in total. The molecule has 2 spiro atoms. The third-order valence-electron chi connectivity index (χ3n) is 20.0. The first-order chi connectivity index (χ1) is 42.2. The second-order valence-electron chi connectivity index (χ2n) is 23.6. The molecule has 0 unspecified atom stereocenters. The highest BCUT2D eigenvalue weighted by atomic mass is 16.5. The quantitative estimate of drug-likeness (QED) is 0.170. The lowest BCUT2D eigenvalue weighted by atomic mass is 9.65. The van der Waals surface area contributed by atoms with E-state index in [1.54, 1.807) is 0 Å². The van der Waals surface area contributed by atoms with Gasteiger partial charge in [0.1, 0.15) is 11.5 Å². The van der Waals surface area contributed by atoms with Crippen molar-refractivity contribution in [2.75, 3.05) is 4.90 Å². The molecule has 19 rings (SSSR count). The zero-order chi connectivity index (χ0) is 55.6. The number of anilines is 3. The maximum absolute atomic E-state index is 7.46. The van der Waals surface area contributed by atoms with Crippen LogP contribution in [-0.2, 0) is 16.2 Å². The first-order valence-electron chi connectivity index (χ1n) is 29.7.